The summed E-state index contributed by atoms with van der Waals surface area (Å²) in [6, 6.07) is 6.26. The highest BCUT2D eigenvalue weighted by atomic mass is 32.2. The van der Waals surface area contributed by atoms with Gasteiger partial charge in [-0.25, -0.2) is 0 Å². The molecule has 0 aromatic carbocycles. The lowest BCUT2D eigenvalue weighted by Gasteiger charge is -1.97. The lowest BCUT2D eigenvalue weighted by Crippen LogP contribution is -1.82. The molecule has 0 aliphatic carbocycles. The van der Waals surface area contributed by atoms with Gasteiger partial charge in [0, 0.05) is 12.8 Å². The average Bonchev–Trinajstić information content (AvgIpc) is 2.71. The molecular weight excluding hydrogens is 206 g/mol. The van der Waals surface area contributed by atoms with E-state index in [0.29, 0.717) is 6.42 Å². The van der Waals surface area contributed by atoms with Crippen LogP contribution in [0.2, 0.25) is 0 Å². The van der Waals surface area contributed by atoms with Gasteiger partial charge in [0.25, 0.3) is 0 Å². The Bertz CT molecular complexity index is 314. The van der Waals surface area contributed by atoms with Crippen molar-refractivity contribution in [1.29, 1.82) is 5.26 Å². The van der Waals surface area contributed by atoms with Crippen LogP contribution in [0.5, 0.6) is 0 Å². The van der Waals surface area contributed by atoms with Crippen molar-refractivity contribution >= 4 is 11.8 Å². The molecule has 0 saturated carbocycles. The molecule has 0 fully saturated rings. The Hall–Kier alpha value is -0.880. The van der Waals surface area contributed by atoms with Gasteiger partial charge in [-0.05, 0) is 30.7 Å². The zero-order chi connectivity index (χ0) is 10.9. The first kappa shape index (κ1) is 12.2. The third kappa shape index (κ3) is 4.94. The zero-order valence-electron chi connectivity index (χ0n) is 9.16. The topological polar surface area (TPSA) is 36.9 Å². The predicted molar refractivity (Wildman–Crippen MR) is 63.7 cm³/mol. The molecule has 0 atom stereocenters. The van der Waals surface area contributed by atoms with Gasteiger partial charge in [-0.1, -0.05) is 6.92 Å². The molecule has 0 radical (unpaired) electrons. The lowest BCUT2D eigenvalue weighted by molar-refractivity contribution is 0.485. The number of furan rings is 1. The van der Waals surface area contributed by atoms with Crippen LogP contribution in [-0.2, 0) is 12.2 Å². The van der Waals surface area contributed by atoms with Gasteiger partial charge in [0.1, 0.15) is 11.5 Å². The van der Waals surface area contributed by atoms with Crippen molar-refractivity contribution in [1.82, 2.24) is 0 Å². The molecule has 0 unspecified atom stereocenters. The Morgan fingerprint density at radius 1 is 1.33 bits per heavy atom. The lowest BCUT2D eigenvalue weighted by atomic mass is 10.3. The van der Waals surface area contributed by atoms with Crippen LogP contribution in [0.1, 0.15) is 37.7 Å². The molecule has 0 N–H and O–H groups in total. The highest BCUT2D eigenvalue weighted by Gasteiger charge is 1.99. The van der Waals surface area contributed by atoms with Crippen LogP contribution in [0.15, 0.2) is 16.5 Å². The van der Waals surface area contributed by atoms with Crippen LogP contribution in [-0.4, -0.2) is 5.75 Å². The van der Waals surface area contributed by atoms with E-state index in [1.807, 2.05) is 17.8 Å². The second-order valence-electron chi connectivity index (χ2n) is 3.39. The molecule has 1 aromatic heterocycles. The van der Waals surface area contributed by atoms with Crippen LogP contribution in [0.25, 0.3) is 0 Å². The summed E-state index contributed by atoms with van der Waals surface area (Å²) in [5.41, 5.74) is 0. The molecule has 0 amide bonds. The van der Waals surface area contributed by atoms with Crippen molar-refractivity contribution in [2.24, 2.45) is 0 Å². The standard InChI is InChI=1S/C12H17NOS/c1-2-11-6-7-12(14-11)10-15-9-5-3-4-8-13/h6-7H,2-5,9-10H2,1H3. The van der Waals surface area contributed by atoms with Crippen LogP contribution in [0.4, 0.5) is 0 Å². The van der Waals surface area contributed by atoms with Crippen LogP contribution in [0, 0.1) is 11.3 Å². The molecule has 0 bridgehead atoms. The molecular formula is C12H17NOS. The minimum Gasteiger partial charge on any atom is -0.465 e. The molecule has 0 saturated heterocycles. The highest BCUT2D eigenvalue weighted by Crippen LogP contribution is 2.17. The molecule has 2 nitrogen and oxygen atoms in total. The maximum absolute atomic E-state index is 8.36. The third-order valence-corrected chi connectivity index (χ3v) is 3.20. The first-order valence-corrected chi connectivity index (χ1v) is 6.54. The van der Waals surface area contributed by atoms with Gasteiger partial charge in [-0.2, -0.15) is 17.0 Å². The number of unbranched alkanes of at least 4 members (excludes halogenated alkanes) is 2. The number of thioether (sulfide) groups is 1. The summed E-state index contributed by atoms with van der Waals surface area (Å²) in [5.74, 6) is 4.20. The first-order chi connectivity index (χ1) is 7.36. The maximum Gasteiger partial charge on any atom is 0.114 e. The molecule has 82 valence electrons. The fraction of sp³-hybridized carbons (Fsp3) is 0.583. The minimum absolute atomic E-state index is 0.682. The number of hydrogen-bond acceptors (Lipinski definition) is 3. The van der Waals surface area contributed by atoms with Crippen LogP contribution in [0.3, 0.4) is 0 Å². The Morgan fingerprint density at radius 2 is 2.13 bits per heavy atom. The Morgan fingerprint density at radius 3 is 2.80 bits per heavy atom. The molecule has 1 aromatic rings. The van der Waals surface area contributed by atoms with E-state index >= 15 is 0 Å². The zero-order valence-corrected chi connectivity index (χ0v) is 9.98. The van der Waals surface area contributed by atoms with E-state index in [-0.39, 0.29) is 0 Å². The molecule has 0 spiro atoms. The van der Waals surface area contributed by atoms with Crippen molar-refractivity contribution in [2.75, 3.05) is 5.75 Å². The van der Waals surface area contributed by atoms with Gasteiger partial charge in [-0.3, -0.25) is 0 Å². The normalized spacial score (nSPS) is 10.1. The Kier molecular flexibility index (Phi) is 6.03. The molecule has 0 aliphatic rings. The molecule has 15 heavy (non-hydrogen) atoms. The fourth-order valence-electron chi connectivity index (χ4n) is 1.27. The van der Waals surface area contributed by atoms with E-state index in [1.54, 1.807) is 0 Å². The Balaban J connectivity index is 2.07. The minimum atomic E-state index is 0.682. The largest absolute Gasteiger partial charge is 0.465 e. The summed E-state index contributed by atoms with van der Waals surface area (Å²) in [4.78, 5) is 0. The summed E-state index contributed by atoms with van der Waals surface area (Å²) in [5, 5.41) is 8.36. The second kappa shape index (κ2) is 7.42. The van der Waals surface area contributed by atoms with Crippen molar-refractivity contribution in [3.8, 4) is 6.07 Å². The number of nitriles is 1. The van der Waals surface area contributed by atoms with Crippen molar-refractivity contribution < 1.29 is 4.42 Å². The van der Waals surface area contributed by atoms with E-state index < -0.39 is 0 Å². The monoisotopic (exact) mass is 223 g/mol. The van der Waals surface area contributed by atoms with Crippen molar-refractivity contribution in [3.05, 3.63) is 23.7 Å². The van der Waals surface area contributed by atoms with Gasteiger partial charge in [-0.15, -0.1) is 0 Å². The average molecular weight is 223 g/mol. The van der Waals surface area contributed by atoms with E-state index in [4.69, 9.17) is 9.68 Å². The van der Waals surface area contributed by atoms with Gasteiger partial charge >= 0.3 is 0 Å². The van der Waals surface area contributed by atoms with Crippen LogP contribution >= 0.6 is 11.8 Å². The van der Waals surface area contributed by atoms with Gasteiger partial charge in [0.15, 0.2) is 0 Å². The van der Waals surface area contributed by atoms with Crippen molar-refractivity contribution in [2.45, 2.75) is 38.4 Å². The quantitative estimate of drug-likeness (QED) is 0.660. The molecule has 3 heteroatoms. The van der Waals surface area contributed by atoms with Gasteiger partial charge in [0.2, 0.25) is 0 Å². The Labute approximate surface area is 95.7 Å². The number of rotatable bonds is 7. The third-order valence-electron chi connectivity index (χ3n) is 2.14. The maximum atomic E-state index is 8.36. The fourth-order valence-corrected chi connectivity index (χ4v) is 2.18. The van der Waals surface area contributed by atoms with E-state index in [1.165, 1.54) is 0 Å². The summed E-state index contributed by atoms with van der Waals surface area (Å²) >= 11 is 1.88. The number of nitrogens with zero attached hydrogens (tertiary/aromatic N) is 1. The molecule has 1 rings (SSSR count). The van der Waals surface area contributed by atoms with E-state index in [9.17, 15) is 0 Å². The van der Waals surface area contributed by atoms with Gasteiger partial charge < -0.3 is 4.42 Å². The van der Waals surface area contributed by atoms with E-state index in [2.05, 4.69) is 19.1 Å². The van der Waals surface area contributed by atoms with Crippen molar-refractivity contribution in [3.63, 3.8) is 0 Å². The summed E-state index contributed by atoms with van der Waals surface area (Å²) in [7, 11) is 0. The number of hydrogen-bond donors (Lipinski definition) is 0. The summed E-state index contributed by atoms with van der Waals surface area (Å²) in [6.07, 6.45) is 3.79. The SMILES string of the molecule is CCc1ccc(CSCCCCC#N)o1. The highest BCUT2D eigenvalue weighted by molar-refractivity contribution is 7.98. The molecule has 1 heterocycles. The smallest absolute Gasteiger partial charge is 0.114 e. The number of aryl methyl sites for hydroxylation is 1. The first-order valence-electron chi connectivity index (χ1n) is 5.39. The van der Waals surface area contributed by atoms with Gasteiger partial charge in [0.05, 0.1) is 11.8 Å². The van der Waals surface area contributed by atoms with Crippen LogP contribution < -0.4 is 0 Å². The predicted octanol–water partition coefficient (Wildman–Crippen LogP) is 3.77. The van der Waals surface area contributed by atoms with E-state index in [0.717, 1.165) is 42.3 Å². The summed E-state index contributed by atoms with van der Waals surface area (Å²) < 4.78 is 5.59. The summed E-state index contributed by atoms with van der Waals surface area (Å²) in [6.45, 7) is 2.09. The molecule has 0 aliphatic heterocycles. The second-order valence-corrected chi connectivity index (χ2v) is 4.49.